The highest BCUT2D eigenvalue weighted by molar-refractivity contribution is 7.07. The molecule has 0 unspecified atom stereocenters. The molecular weight excluding hydrogens is 614 g/mol. The second-order valence-electron chi connectivity index (χ2n) is 10.2. The Balaban J connectivity index is 1.47. The Hall–Kier alpha value is -5.43. The summed E-state index contributed by atoms with van der Waals surface area (Å²) in [6, 6.07) is 16.7. The number of carbonyl (C=O) groups is 1. The van der Waals surface area contributed by atoms with Crippen molar-refractivity contribution in [1.29, 1.82) is 0 Å². The van der Waals surface area contributed by atoms with Crippen molar-refractivity contribution in [2.75, 3.05) is 20.0 Å². The first-order valence-corrected chi connectivity index (χ1v) is 15.3. The number of hydrogen-bond acceptors (Lipinski definition) is 11. The molecule has 2 aliphatic heterocycles. The second-order valence-corrected chi connectivity index (χ2v) is 11.2. The molecule has 0 N–H and O–H groups in total. The molecule has 0 aliphatic carbocycles. The molecule has 0 radical (unpaired) electrons. The molecule has 0 saturated carbocycles. The van der Waals surface area contributed by atoms with Crippen molar-refractivity contribution in [3.05, 3.63) is 113 Å². The molecule has 3 heterocycles. The first-order chi connectivity index (χ1) is 22.3. The van der Waals surface area contributed by atoms with E-state index in [0.717, 1.165) is 16.9 Å². The fourth-order valence-corrected chi connectivity index (χ4v) is 6.27. The summed E-state index contributed by atoms with van der Waals surface area (Å²) >= 11 is 1.05. The fourth-order valence-electron chi connectivity index (χ4n) is 5.24. The number of nitro groups is 1. The number of benzene rings is 3. The Labute approximate surface area is 266 Å². The SMILES string of the molecule is CCOC(=O)C1=C(C)n2c(s/c(=C\c3cc(OCC)c(OCc4ccccc4)cc3[N+](=O)[O-])c2=O)=N[C@H]1c1ccc2c(c1)OCO2. The summed E-state index contributed by atoms with van der Waals surface area (Å²) in [6.07, 6.45) is 1.43. The third-order valence-electron chi connectivity index (χ3n) is 7.37. The first-order valence-electron chi connectivity index (χ1n) is 14.5. The van der Waals surface area contributed by atoms with Gasteiger partial charge in [0.25, 0.3) is 11.2 Å². The van der Waals surface area contributed by atoms with E-state index in [4.69, 9.17) is 28.7 Å². The fraction of sp³-hybridized carbons (Fsp3) is 0.242. The predicted molar refractivity (Wildman–Crippen MR) is 169 cm³/mol. The number of allylic oxidation sites excluding steroid dienone is 1. The van der Waals surface area contributed by atoms with Gasteiger partial charge in [-0.25, -0.2) is 9.79 Å². The normalized spacial score (nSPS) is 15.3. The lowest BCUT2D eigenvalue weighted by molar-refractivity contribution is -0.385. The Bertz CT molecular complexity index is 2050. The highest BCUT2D eigenvalue weighted by atomic mass is 32.1. The molecule has 1 atom stereocenters. The van der Waals surface area contributed by atoms with Crippen molar-refractivity contribution >= 4 is 34.8 Å². The van der Waals surface area contributed by atoms with Crippen LogP contribution in [-0.4, -0.2) is 35.5 Å². The molecule has 0 bridgehead atoms. The third kappa shape index (κ3) is 5.84. The molecular formula is C33H29N3O9S. The highest BCUT2D eigenvalue weighted by Gasteiger charge is 2.32. The minimum Gasteiger partial charge on any atom is -0.490 e. The summed E-state index contributed by atoms with van der Waals surface area (Å²) in [5, 5.41) is 12.2. The Morgan fingerprint density at radius 1 is 1.07 bits per heavy atom. The zero-order valence-corrected chi connectivity index (χ0v) is 26.0. The summed E-state index contributed by atoms with van der Waals surface area (Å²) in [5.74, 6) is 0.989. The molecule has 4 aromatic rings. The summed E-state index contributed by atoms with van der Waals surface area (Å²) < 4.78 is 29.5. The molecule has 0 saturated heterocycles. The molecule has 6 rings (SSSR count). The maximum atomic E-state index is 13.8. The van der Waals surface area contributed by atoms with Gasteiger partial charge in [-0.1, -0.05) is 47.7 Å². The van der Waals surface area contributed by atoms with Crippen LogP contribution in [0.5, 0.6) is 23.0 Å². The number of ether oxygens (including phenoxy) is 5. The average molecular weight is 644 g/mol. The molecule has 1 aromatic heterocycles. The van der Waals surface area contributed by atoms with Gasteiger partial charge in [-0.15, -0.1) is 0 Å². The third-order valence-corrected chi connectivity index (χ3v) is 8.35. The predicted octanol–water partition coefficient (Wildman–Crippen LogP) is 4.52. The highest BCUT2D eigenvalue weighted by Crippen LogP contribution is 2.39. The summed E-state index contributed by atoms with van der Waals surface area (Å²) in [4.78, 5) is 43.8. The van der Waals surface area contributed by atoms with Gasteiger partial charge in [0, 0.05) is 5.70 Å². The van der Waals surface area contributed by atoms with E-state index in [1.807, 2.05) is 30.3 Å². The van der Waals surface area contributed by atoms with E-state index in [1.54, 1.807) is 39.0 Å². The van der Waals surface area contributed by atoms with Crippen LogP contribution in [0, 0.1) is 10.1 Å². The van der Waals surface area contributed by atoms with Crippen LogP contribution in [-0.2, 0) is 16.1 Å². The maximum absolute atomic E-state index is 13.8. The first kappa shape index (κ1) is 30.6. The molecule has 46 heavy (non-hydrogen) atoms. The molecule has 3 aromatic carbocycles. The zero-order valence-electron chi connectivity index (χ0n) is 25.2. The van der Waals surface area contributed by atoms with Crippen LogP contribution in [0.3, 0.4) is 0 Å². The number of aromatic nitrogens is 1. The van der Waals surface area contributed by atoms with Gasteiger partial charge in [-0.05, 0) is 56.2 Å². The Morgan fingerprint density at radius 2 is 1.83 bits per heavy atom. The second kappa shape index (κ2) is 12.9. The van der Waals surface area contributed by atoms with E-state index in [9.17, 15) is 19.7 Å². The standard InChI is InChI=1S/C33H29N3O9S/c1-4-41-26-14-22(23(36(39)40)16-27(26)43-17-20-9-7-6-8-10-20)15-28-31(37)35-19(3)29(32(38)42-5-2)30(34-33(35)46-28)21-11-12-24-25(13-21)45-18-44-24/h6-16,30H,4-5,17-18H2,1-3H3/b28-15-/t30-/m0/s1. The Kier molecular flexibility index (Phi) is 8.57. The van der Waals surface area contributed by atoms with E-state index in [-0.39, 0.29) is 53.7 Å². The quantitative estimate of drug-likeness (QED) is 0.139. The van der Waals surface area contributed by atoms with Crippen LogP contribution in [0.15, 0.2) is 76.0 Å². The van der Waals surface area contributed by atoms with Crippen LogP contribution in [0.4, 0.5) is 5.69 Å². The largest absolute Gasteiger partial charge is 0.490 e. The topological polar surface area (TPSA) is 141 Å². The molecule has 12 nitrogen and oxygen atoms in total. The zero-order chi connectivity index (χ0) is 32.4. The average Bonchev–Trinajstić information content (AvgIpc) is 3.64. The van der Waals surface area contributed by atoms with E-state index >= 15 is 0 Å². The molecule has 0 amide bonds. The lowest BCUT2D eigenvalue weighted by Gasteiger charge is -2.22. The van der Waals surface area contributed by atoms with Gasteiger partial charge in [0.15, 0.2) is 27.8 Å². The smallest absolute Gasteiger partial charge is 0.338 e. The van der Waals surface area contributed by atoms with Gasteiger partial charge in [0.2, 0.25) is 6.79 Å². The van der Waals surface area contributed by atoms with Crippen molar-refractivity contribution in [1.82, 2.24) is 4.57 Å². The van der Waals surface area contributed by atoms with E-state index in [2.05, 4.69) is 0 Å². The van der Waals surface area contributed by atoms with Gasteiger partial charge < -0.3 is 23.7 Å². The monoisotopic (exact) mass is 643 g/mol. The van der Waals surface area contributed by atoms with Crippen molar-refractivity contribution in [3.63, 3.8) is 0 Å². The number of thiazole rings is 1. The van der Waals surface area contributed by atoms with Crippen molar-refractivity contribution in [2.45, 2.75) is 33.4 Å². The minimum atomic E-state index is -0.792. The number of rotatable bonds is 10. The Morgan fingerprint density at radius 3 is 2.57 bits per heavy atom. The van der Waals surface area contributed by atoms with E-state index in [1.165, 1.54) is 22.8 Å². The lowest BCUT2D eigenvalue weighted by atomic mass is 9.96. The number of nitrogens with zero attached hydrogens (tertiary/aromatic N) is 3. The van der Waals surface area contributed by atoms with E-state index in [0.29, 0.717) is 33.3 Å². The molecule has 13 heteroatoms. The molecule has 0 fully saturated rings. The van der Waals surface area contributed by atoms with E-state index < -0.39 is 22.5 Å². The van der Waals surface area contributed by atoms with Gasteiger partial charge in [-0.2, -0.15) is 0 Å². The molecule has 2 aliphatic rings. The maximum Gasteiger partial charge on any atom is 0.338 e. The number of carbonyl (C=O) groups excluding carboxylic acids is 1. The minimum absolute atomic E-state index is 0.0845. The van der Waals surface area contributed by atoms with Crippen LogP contribution < -0.4 is 33.8 Å². The molecule has 0 spiro atoms. The van der Waals surface area contributed by atoms with Gasteiger partial charge in [0.05, 0.1) is 39.9 Å². The number of hydrogen-bond donors (Lipinski definition) is 0. The van der Waals surface area contributed by atoms with Gasteiger partial charge in [0.1, 0.15) is 12.6 Å². The summed E-state index contributed by atoms with van der Waals surface area (Å²) in [5.41, 5.74) is 1.48. The summed E-state index contributed by atoms with van der Waals surface area (Å²) in [7, 11) is 0. The van der Waals surface area contributed by atoms with Gasteiger partial charge >= 0.3 is 5.97 Å². The van der Waals surface area contributed by atoms with Crippen LogP contribution >= 0.6 is 11.3 Å². The number of fused-ring (bicyclic) bond motifs is 2. The number of nitro benzene ring substituents is 1. The lowest BCUT2D eigenvalue weighted by Crippen LogP contribution is -2.35. The van der Waals surface area contributed by atoms with Crippen molar-refractivity contribution < 1.29 is 33.4 Å². The van der Waals surface area contributed by atoms with Crippen LogP contribution in [0.25, 0.3) is 11.8 Å². The van der Waals surface area contributed by atoms with Crippen LogP contribution in [0.1, 0.15) is 43.5 Å². The van der Waals surface area contributed by atoms with Crippen molar-refractivity contribution in [2.24, 2.45) is 4.99 Å². The van der Waals surface area contributed by atoms with Gasteiger partial charge in [-0.3, -0.25) is 19.5 Å². The van der Waals surface area contributed by atoms with Crippen molar-refractivity contribution in [3.8, 4) is 23.0 Å². The van der Waals surface area contributed by atoms with Crippen LogP contribution in [0.2, 0.25) is 0 Å². The summed E-state index contributed by atoms with van der Waals surface area (Å²) in [6.45, 7) is 5.82. The number of esters is 1. The molecule has 236 valence electrons.